The molecular weight excluding hydrogens is 368 g/mol. The summed E-state index contributed by atoms with van der Waals surface area (Å²) in [6, 6.07) is 18.0. The van der Waals surface area contributed by atoms with Gasteiger partial charge in [0.15, 0.2) is 6.10 Å². The predicted octanol–water partition coefficient (Wildman–Crippen LogP) is 4.37. The van der Waals surface area contributed by atoms with Gasteiger partial charge < -0.3 is 14.8 Å². The Kier molecular flexibility index (Phi) is 6.50. The first kappa shape index (κ1) is 20.4. The first-order valence-electron chi connectivity index (χ1n) is 9.79. The van der Waals surface area contributed by atoms with E-state index in [4.69, 9.17) is 9.47 Å². The Labute approximate surface area is 170 Å². The lowest BCUT2D eigenvalue weighted by molar-refractivity contribution is -0.130. The van der Waals surface area contributed by atoms with Gasteiger partial charge in [-0.25, -0.2) is 4.79 Å². The molecule has 6 nitrogen and oxygen atoms in total. The summed E-state index contributed by atoms with van der Waals surface area (Å²) in [5, 5.41) is 12.3. The van der Waals surface area contributed by atoms with Crippen LogP contribution in [-0.2, 0) is 9.53 Å². The minimum absolute atomic E-state index is 0.226. The summed E-state index contributed by atoms with van der Waals surface area (Å²) in [6.45, 7) is 1.50. The van der Waals surface area contributed by atoms with E-state index in [-0.39, 0.29) is 5.56 Å². The second-order valence-corrected chi connectivity index (χ2v) is 7.20. The van der Waals surface area contributed by atoms with Crippen LogP contribution in [0.1, 0.15) is 49.4 Å². The molecule has 29 heavy (non-hydrogen) atoms. The highest BCUT2D eigenvalue weighted by Crippen LogP contribution is 2.28. The molecule has 0 saturated heterocycles. The smallest absolute Gasteiger partial charge is 0.342 e. The SMILES string of the molecule is C[C@@H](OC(=O)c1ccccc1Oc1ccccc1)C(=O)NC1(C#N)CCCCC1. The van der Waals surface area contributed by atoms with Crippen molar-refractivity contribution in [2.45, 2.75) is 50.7 Å². The number of nitrogens with zero attached hydrogens (tertiary/aromatic N) is 1. The summed E-state index contributed by atoms with van der Waals surface area (Å²) >= 11 is 0. The average molecular weight is 392 g/mol. The molecule has 2 aromatic rings. The minimum Gasteiger partial charge on any atom is -0.456 e. The third kappa shape index (κ3) is 5.14. The number of nitriles is 1. The molecule has 1 atom stereocenters. The van der Waals surface area contributed by atoms with E-state index in [9.17, 15) is 14.9 Å². The van der Waals surface area contributed by atoms with Gasteiger partial charge in [-0.15, -0.1) is 0 Å². The lowest BCUT2D eigenvalue weighted by atomic mass is 9.83. The maximum Gasteiger partial charge on any atom is 0.342 e. The molecule has 2 aromatic carbocycles. The number of hydrogen-bond acceptors (Lipinski definition) is 5. The van der Waals surface area contributed by atoms with Crippen molar-refractivity contribution in [1.82, 2.24) is 5.32 Å². The van der Waals surface area contributed by atoms with Crippen molar-refractivity contribution in [1.29, 1.82) is 5.26 Å². The second kappa shape index (κ2) is 9.24. The average Bonchev–Trinajstić information content (AvgIpc) is 2.75. The predicted molar refractivity (Wildman–Crippen MR) is 107 cm³/mol. The number of benzene rings is 2. The van der Waals surface area contributed by atoms with Crippen LogP contribution in [0.3, 0.4) is 0 Å². The zero-order valence-corrected chi connectivity index (χ0v) is 16.4. The van der Waals surface area contributed by atoms with Crippen molar-refractivity contribution < 1.29 is 19.1 Å². The summed E-state index contributed by atoms with van der Waals surface area (Å²) in [7, 11) is 0. The Morgan fingerprint density at radius 2 is 1.69 bits per heavy atom. The van der Waals surface area contributed by atoms with Crippen LogP contribution < -0.4 is 10.1 Å². The van der Waals surface area contributed by atoms with Gasteiger partial charge in [0.05, 0.1) is 6.07 Å². The number of para-hydroxylation sites is 2. The van der Waals surface area contributed by atoms with Crippen LogP contribution in [0, 0.1) is 11.3 Å². The van der Waals surface area contributed by atoms with Crippen LogP contribution in [0.2, 0.25) is 0 Å². The largest absolute Gasteiger partial charge is 0.456 e. The zero-order valence-electron chi connectivity index (χ0n) is 16.4. The molecule has 1 fully saturated rings. The molecule has 1 amide bonds. The molecule has 0 bridgehead atoms. The number of rotatable bonds is 6. The number of carbonyl (C=O) groups is 2. The number of ether oxygens (including phenoxy) is 2. The summed E-state index contributed by atoms with van der Waals surface area (Å²) in [5.74, 6) is -0.194. The van der Waals surface area contributed by atoms with Crippen molar-refractivity contribution in [3.8, 4) is 17.6 Å². The van der Waals surface area contributed by atoms with Crippen LogP contribution in [0.4, 0.5) is 0 Å². The van der Waals surface area contributed by atoms with Gasteiger partial charge in [-0.2, -0.15) is 5.26 Å². The Hall–Kier alpha value is -3.33. The van der Waals surface area contributed by atoms with E-state index in [1.165, 1.54) is 6.92 Å². The van der Waals surface area contributed by atoms with Gasteiger partial charge in [-0.05, 0) is 44.0 Å². The van der Waals surface area contributed by atoms with Gasteiger partial charge in [0.2, 0.25) is 0 Å². The molecule has 0 unspecified atom stereocenters. The Morgan fingerprint density at radius 1 is 1.03 bits per heavy atom. The van der Waals surface area contributed by atoms with Crippen molar-refractivity contribution in [3.63, 3.8) is 0 Å². The second-order valence-electron chi connectivity index (χ2n) is 7.20. The van der Waals surface area contributed by atoms with E-state index in [0.717, 1.165) is 19.3 Å². The van der Waals surface area contributed by atoms with Crippen molar-refractivity contribution in [3.05, 3.63) is 60.2 Å². The molecule has 0 aromatic heterocycles. The van der Waals surface area contributed by atoms with E-state index >= 15 is 0 Å². The van der Waals surface area contributed by atoms with E-state index in [0.29, 0.717) is 24.3 Å². The van der Waals surface area contributed by atoms with Gasteiger partial charge in [0, 0.05) is 0 Å². The van der Waals surface area contributed by atoms with Gasteiger partial charge in [-0.1, -0.05) is 49.6 Å². The summed E-state index contributed by atoms with van der Waals surface area (Å²) < 4.78 is 11.2. The quantitative estimate of drug-likeness (QED) is 0.738. The molecule has 1 aliphatic carbocycles. The minimum atomic E-state index is -1.03. The van der Waals surface area contributed by atoms with Gasteiger partial charge in [0.1, 0.15) is 22.6 Å². The van der Waals surface area contributed by atoms with E-state index in [1.54, 1.807) is 36.4 Å². The number of amides is 1. The number of carbonyl (C=O) groups excluding carboxylic acids is 2. The first-order chi connectivity index (χ1) is 14.0. The van der Waals surface area contributed by atoms with Gasteiger partial charge in [-0.3, -0.25) is 4.79 Å². The third-order valence-corrected chi connectivity index (χ3v) is 5.01. The van der Waals surface area contributed by atoms with Crippen LogP contribution >= 0.6 is 0 Å². The lowest BCUT2D eigenvalue weighted by Gasteiger charge is -2.32. The highest BCUT2D eigenvalue weighted by atomic mass is 16.5. The van der Waals surface area contributed by atoms with E-state index in [2.05, 4.69) is 11.4 Å². The van der Waals surface area contributed by atoms with E-state index in [1.807, 2.05) is 18.2 Å². The summed E-state index contributed by atoms with van der Waals surface area (Å²) in [6.07, 6.45) is 3.05. The molecule has 6 heteroatoms. The number of nitrogens with one attached hydrogen (secondary N) is 1. The van der Waals surface area contributed by atoms with Crippen molar-refractivity contribution in [2.75, 3.05) is 0 Å². The molecule has 1 aliphatic rings. The van der Waals surface area contributed by atoms with Crippen molar-refractivity contribution in [2.24, 2.45) is 0 Å². The molecule has 1 N–H and O–H groups in total. The Morgan fingerprint density at radius 3 is 2.38 bits per heavy atom. The fraction of sp³-hybridized carbons (Fsp3) is 0.348. The standard InChI is InChI=1S/C23H24N2O4/c1-17(21(26)25-23(16-24)14-8-3-9-15-23)28-22(27)19-12-6-7-13-20(19)29-18-10-4-2-5-11-18/h2,4-7,10-13,17H,3,8-9,14-15H2,1H3,(H,25,26)/t17-/m1/s1. The van der Waals surface area contributed by atoms with Crippen LogP contribution in [0.5, 0.6) is 11.5 Å². The molecular formula is C23H24N2O4. The monoisotopic (exact) mass is 392 g/mol. The van der Waals surface area contributed by atoms with Gasteiger partial charge >= 0.3 is 5.97 Å². The third-order valence-electron chi connectivity index (χ3n) is 5.01. The Balaban J connectivity index is 1.67. The maximum atomic E-state index is 12.7. The normalized spacial score (nSPS) is 16.1. The lowest BCUT2D eigenvalue weighted by Crippen LogP contribution is -2.52. The highest BCUT2D eigenvalue weighted by Gasteiger charge is 2.35. The fourth-order valence-electron chi connectivity index (χ4n) is 3.37. The van der Waals surface area contributed by atoms with E-state index < -0.39 is 23.5 Å². The van der Waals surface area contributed by atoms with Crippen LogP contribution in [0.25, 0.3) is 0 Å². The number of esters is 1. The topological polar surface area (TPSA) is 88.4 Å². The number of hydrogen-bond donors (Lipinski definition) is 1. The molecule has 3 rings (SSSR count). The molecule has 150 valence electrons. The van der Waals surface area contributed by atoms with Crippen LogP contribution in [0.15, 0.2) is 54.6 Å². The molecule has 0 spiro atoms. The molecule has 1 saturated carbocycles. The molecule has 0 radical (unpaired) electrons. The maximum absolute atomic E-state index is 12.7. The molecule has 0 aliphatic heterocycles. The Bertz CT molecular complexity index is 899. The molecule has 0 heterocycles. The highest BCUT2D eigenvalue weighted by molar-refractivity contribution is 5.94. The van der Waals surface area contributed by atoms with Crippen LogP contribution in [-0.4, -0.2) is 23.5 Å². The summed E-state index contributed by atoms with van der Waals surface area (Å²) in [4.78, 5) is 25.2. The van der Waals surface area contributed by atoms with Crippen molar-refractivity contribution >= 4 is 11.9 Å². The summed E-state index contributed by atoms with van der Waals surface area (Å²) in [5.41, 5.74) is -0.645. The first-order valence-corrected chi connectivity index (χ1v) is 9.79. The fourth-order valence-corrected chi connectivity index (χ4v) is 3.37. The zero-order chi connectivity index (χ0) is 20.7. The van der Waals surface area contributed by atoms with Gasteiger partial charge in [0.25, 0.3) is 5.91 Å².